The largest absolute Gasteiger partial charge is 0.366 e. The van der Waals surface area contributed by atoms with Crippen molar-refractivity contribution in [2.24, 2.45) is 5.14 Å². The molecule has 0 bridgehead atoms. The van der Waals surface area contributed by atoms with Gasteiger partial charge in [-0.05, 0) is 12.2 Å². The Bertz CT molecular complexity index is 223. The summed E-state index contributed by atoms with van der Waals surface area (Å²) in [6, 6.07) is 0. The molecule has 0 rings (SSSR count). The van der Waals surface area contributed by atoms with Gasteiger partial charge >= 0.3 is 0 Å². The maximum atomic E-state index is 10.4. The molecule has 0 saturated carbocycles. The van der Waals surface area contributed by atoms with Gasteiger partial charge in [-0.15, -0.1) is 0 Å². The van der Waals surface area contributed by atoms with Gasteiger partial charge in [0, 0.05) is 13.6 Å². The molecule has 0 aromatic carbocycles. The molecule has 0 spiro atoms. The van der Waals surface area contributed by atoms with Crippen LogP contribution in [0.4, 0.5) is 0 Å². The number of hydrogen-bond acceptors (Lipinski definition) is 3. The lowest BCUT2D eigenvalue weighted by molar-refractivity contribution is 0.596. The molecule has 0 aliphatic heterocycles. The van der Waals surface area contributed by atoms with Crippen LogP contribution in [0.25, 0.3) is 0 Å². The number of nitrogens with one attached hydrogen (secondary N) is 2. The second kappa shape index (κ2) is 4.47. The monoisotopic (exact) mass is 197 g/mol. The fourth-order valence-electron chi connectivity index (χ4n) is 0.395. The van der Waals surface area contributed by atoms with Crippen molar-refractivity contribution in [1.82, 2.24) is 10.6 Å². The van der Waals surface area contributed by atoms with Crippen molar-refractivity contribution < 1.29 is 8.42 Å². The van der Waals surface area contributed by atoms with Crippen LogP contribution in [0.3, 0.4) is 0 Å². The summed E-state index contributed by atoms with van der Waals surface area (Å²) in [5.41, 5.74) is 0. The van der Waals surface area contributed by atoms with Gasteiger partial charge in [-0.3, -0.25) is 0 Å². The predicted molar refractivity (Wildman–Crippen MR) is 47.6 cm³/mol. The van der Waals surface area contributed by atoms with E-state index in [1.165, 1.54) is 0 Å². The van der Waals surface area contributed by atoms with Crippen molar-refractivity contribution in [2.75, 3.05) is 19.3 Å². The van der Waals surface area contributed by atoms with Crippen molar-refractivity contribution in [1.29, 1.82) is 0 Å². The molecule has 66 valence electrons. The minimum absolute atomic E-state index is 0.116. The minimum Gasteiger partial charge on any atom is -0.366 e. The molecule has 5 nitrogen and oxygen atoms in total. The third kappa shape index (κ3) is 7.50. The van der Waals surface area contributed by atoms with E-state index in [2.05, 4.69) is 22.9 Å². The molecule has 0 radical (unpaired) electrons. The second-order valence-electron chi connectivity index (χ2n) is 1.87. The molecule has 7 heteroatoms. The van der Waals surface area contributed by atoms with Crippen LogP contribution in [0.2, 0.25) is 0 Å². The molecule has 0 heterocycles. The first-order valence-corrected chi connectivity index (χ1v) is 5.04. The first kappa shape index (κ1) is 10.6. The first-order chi connectivity index (χ1) is 4.95. The van der Waals surface area contributed by atoms with Crippen LogP contribution in [0, 0.1) is 0 Å². The first-order valence-electron chi connectivity index (χ1n) is 2.92. The lowest BCUT2D eigenvalue weighted by atomic mass is 10.7. The Balaban J connectivity index is 3.51. The fraction of sp³-hybridized carbons (Fsp3) is 0.750. The summed E-state index contributed by atoms with van der Waals surface area (Å²) in [5, 5.41) is 10.4. The average Bonchev–Trinajstić information content (AvgIpc) is 1.85. The summed E-state index contributed by atoms with van der Waals surface area (Å²) in [4.78, 5) is 0. The molecule has 0 saturated heterocycles. The molecule has 0 aromatic rings. The Labute approximate surface area is 71.4 Å². The zero-order valence-corrected chi connectivity index (χ0v) is 7.76. The van der Waals surface area contributed by atoms with Gasteiger partial charge in [-0.25, -0.2) is 13.6 Å². The van der Waals surface area contributed by atoms with Crippen LogP contribution in [0.15, 0.2) is 0 Å². The number of thiocarbonyl (C=S) groups is 1. The SMILES string of the molecule is CNC(=S)NCCS(N)(=O)=O. The van der Waals surface area contributed by atoms with E-state index in [4.69, 9.17) is 5.14 Å². The maximum absolute atomic E-state index is 10.4. The van der Waals surface area contributed by atoms with Gasteiger partial charge in [-0.2, -0.15) is 0 Å². The van der Waals surface area contributed by atoms with Gasteiger partial charge in [0.1, 0.15) is 0 Å². The van der Waals surface area contributed by atoms with E-state index in [9.17, 15) is 8.42 Å². The average molecular weight is 197 g/mol. The summed E-state index contributed by atoms with van der Waals surface area (Å²) >= 11 is 4.69. The van der Waals surface area contributed by atoms with Crippen molar-refractivity contribution in [2.45, 2.75) is 0 Å². The highest BCUT2D eigenvalue weighted by Crippen LogP contribution is 1.73. The van der Waals surface area contributed by atoms with Gasteiger partial charge in [0.2, 0.25) is 10.0 Å². The van der Waals surface area contributed by atoms with Gasteiger partial charge in [-0.1, -0.05) is 0 Å². The van der Waals surface area contributed by atoms with Crippen LogP contribution >= 0.6 is 12.2 Å². The summed E-state index contributed by atoms with van der Waals surface area (Å²) in [6.45, 7) is 0.235. The number of sulfonamides is 1. The fourth-order valence-corrected chi connectivity index (χ4v) is 0.884. The molecular weight excluding hydrogens is 186 g/mol. The Hall–Kier alpha value is -0.400. The number of primary sulfonamides is 1. The van der Waals surface area contributed by atoms with Crippen molar-refractivity contribution in [3.63, 3.8) is 0 Å². The molecule has 4 N–H and O–H groups in total. The maximum Gasteiger partial charge on any atom is 0.210 e. The summed E-state index contributed by atoms with van der Waals surface area (Å²) < 4.78 is 20.8. The second-order valence-corrected chi connectivity index (χ2v) is 4.02. The van der Waals surface area contributed by atoms with Gasteiger partial charge < -0.3 is 10.6 Å². The lowest BCUT2D eigenvalue weighted by Crippen LogP contribution is -2.36. The predicted octanol–water partition coefficient (Wildman–Crippen LogP) is -1.63. The van der Waals surface area contributed by atoms with Gasteiger partial charge in [0.05, 0.1) is 5.75 Å². The van der Waals surface area contributed by atoms with E-state index >= 15 is 0 Å². The third-order valence-corrected chi connectivity index (χ3v) is 2.02. The zero-order chi connectivity index (χ0) is 8.91. The van der Waals surface area contributed by atoms with Crippen molar-refractivity contribution >= 4 is 27.4 Å². The highest BCUT2D eigenvalue weighted by molar-refractivity contribution is 7.89. The molecule has 0 atom stereocenters. The summed E-state index contributed by atoms with van der Waals surface area (Å²) in [5.74, 6) is -0.116. The van der Waals surface area contributed by atoms with Crippen molar-refractivity contribution in [3.8, 4) is 0 Å². The highest BCUT2D eigenvalue weighted by Gasteiger charge is 2.01. The number of hydrogen-bond donors (Lipinski definition) is 3. The molecule has 0 amide bonds. The Morgan fingerprint density at radius 3 is 2.55 bits per heavy atom. The quantitative estimate of drug-likeness (QED) is 0.473. The molecule has 11 heavy (non-hydrogen) atoms. The molecule has 0 fully saturated rings. The van der Waals surface area contributed by atoms with Crippen LogP contribution < -0.4 is 15.8 Å². The lowest BCUT2D eigenvalue weighted by Gasteiger charge is -2.04. The molecular formula is C4H11N3O2S2. The molecule has 0 unspecified atom stereocenters. The van der Waals surface area contributed by atoms with Crippen LogP contribution in [0.5, 0.6) is 0 Å². The Kier molecular flexibility index (Phi) is 4.31. The van der Waals surface area contributed by atoms with Crippen LogP contribution in [0.1, 0.15) is 0 Å². The van der Waals surface area contributed by atoms with E-state index in [1.54, 1.807) is 7.05 Å². The number of nitrogens with two attached hydrogens (primary N) is 1. The Morgan fingerprint density at radius 2 is 2.18 bits per heavy atom. The van der Waals surface area contributed by atoms with Gasteiger partial charge in [0.15, 0.2) is 5.11 Å². The van der Waals surface area contributed by atoms with E-state index < -0.39 is 10.0 Å². The van der Waals surface area contributed by atoms with Gasteiger partial charge in [0.25, 0.3) is 0 Å². The summed E-state index contributed by atoms with van der Waals surface area (Å²) in [7, 11) is -1.73. The standard InChI is InChI=1S/C4H11N3O2S2/c1-6-4(10)7-2-3-11(5,8)9/h2-3H2,1H3,(H2,5,8,9)(H2,6,7,10). The van der Waals surface area contributed by atoms with Crippen LogP contribution in [-0.2, 0) is 10.0 Å². The van der Waals surface area contributed by atoms with Crippen LogP contribution in [-0.4, -0.2) is 32.9 Å². The van der Waals surface area contributed by atoms with E-state index in [0.29, 0.717) is 5.11 Å². The van der Waals surface area contributed by atoms with E-state index in [1.807, 2.05) is 0 Å². The zero-order valence-electron chi connectivity index (χ0n) is 6.12. The van der Waals surface area contributed by atoms with E-state index in [-0.39, 0.29) is 12.3 Å². The third-order valence-electron chi connectivity index (χ3n) is 0.899. The molecule has 0 aliphatic carbocycles. The normalized spacial score (nSPS) is 10.7. The van der Waals surface area contributed by atoms with Crippen molar-refractivity contribution in [3.05, 3.63) is 0 Å². The topological polar surface area (TPSA) is 84.2 Å². The summed E-state index contributed by atoms with van der Waals surface area (Å²) in [6.07, 6.45) is 0. The molecule has 0 aliphatic rings. The Morgan fingerprint density at radius 1 is 1.64 bits per heavy atom. The smallest absolute Gasteiger partial charge is 0.210 e. The van der Waals surface area contributed by atoms with E-state index in [0.717, 1.165) is 0 Å². The molecule has 0 aromatic heterocycles. The highest BCUT2D eigenvalue weighted by atomic mass is 32.2. The number of rotatable bonds is 3. The minimum atomic E-state index is -3.38.